The molecule has 2 saturated heterocycles. The van der Waals surface area contributed by atoms with E-state index in [-0.39, 0.29) is 6.10 Å². The Kier molecular flexibility index (Phi) is 5.89. The van der Waals surface area contributed by atoms with Gasteiger partial charge in [-0.15, -0.1) is 0 Å². The third-order valence-corrected chi connectivity index (χ3v) is 4.11. The number of piperidine rings is 1. The third kappa shape index (κ3) is 4.84. The van der Waals surface area contributed by atoms with Gasteiger partial charge in [-0.2, -0.15) is 0 Å². The molecule has 0 radical (unpaired) electrons. The zero-order chi connectivity index (χ0) is 12.8. The Labute approximate surface area is 111 Å². The van der Waals surface area contributed by atoms with Crippen molar-refractivity contribution < 1.29 is 5.11 Å². The Morgan fingerprint density at radius 2 is 1.89 bits per heavy atom. The molecule has 0 aromatic rings. The first-order chi connectivity index (χ1) is 8.74. The van der Waals surface area contributed by atoms with Crippen molar-refractivity contribution in [1.29, 1.82) is 0 Å². The number of hydrogen-bond acceptors (Lipinski definition) is 4. The molecule has 0 spiro atoms. The molecule has 2 atom stereocenters. The quantitative estimate of drug-likeness (QED) is 0.761. The second-order valence-electron chi connectivity index (χ2n) is 6.06. The molecule has 0 bridgehead atoms. The van der Waals surface area contributed by atoms with Crippen molar-refractivity contribution in [2.24, 2.45) is 5.92 Å². The van der Waals surface area contributed by atoms with Gasteiger partial charge in [-0.05, 0) is 44.8 Å². The topological polar surface area (TPSA) is 38.7 Å². The second-order valence-corrected chi connectivity index (χ2v) is 6.06. The van der Waals surface area contributed by atoms with Crippen LogP contribution in [0.25, 0.3) is 0 Å². The smallest absolute Gasteiger partial charge is 0.0793 e. The minimum Gasteiger partial charge on any atom is -0.390 e. The van der Waals surface area contributed by atoms with Crippen LogP contribution in [0.1, 0.15) is 26.2 Å². The van der Waals surface area contributed by atoms with Crippen LogP contribution in [0.4, 0.5) is 0 Å². The fourth-order valence-corrected chi connectivity index (χ4v) is 3.19. The molecule has 2 N–H and O–H groups in total. The summed E-state index contributed by atoms with van der Waals surface area (Å²) in [5, 5.41) is 13.6. The molecule has 4 heteroatoms. The van der Waals surface area contributed by atoms with E-state index in [1.54, 1.807) is 0 Å². The summed E-state index contributed by atoms with van der Waals surface area (Å²) in [4.78, 5) is 4.84. The molecule has 2 aliphatic heterocycles. The van der Waals surface area contributed by atoms with Gasteiger partial charge in [0, 0.05) is 32.7 Å². The van der Waals surface area contributed by atoms with E-state index >= 15 is 0 Å². The number of nitrogens with one attached hydrogen (secondary N) is 1. The fourth-order valence-electron chi connectivity index (χ4n) is 3.19. The van der Waals surface area contributed by atoms with Crippen LogP contribution >= 0.6 is 0 Å². The van der Waals surface area contributed by atoms with Gasteiger partial charge in [-0.1, -0.05) is 6.92 Å². The minimum absolute atomic E-state index is 0.187. The molecule has 0 aromatic heterocycles. The van der Waals surface area contributed by atoms with Gasteiger partial charge >= 0.3 is 0 Å². The van der Waals surface area contributed by atoms with Crippen LogP contribution in [0.2, 0.25) is 0 Å². The van der Waals surface area contributed by atoms with Crippen LogP contribution in [0.3, 0.4) is 0 Å². The number of rotatable bonds is 4. The van der Waals surface area contributed by atoms with Gasteiger partial charge in [-0.3, -0.25) is 4.90 Å². The Morgan fingerprint density at radius 1 is 1.11 bits per heavy atom. The van der Waals surface area contributed by atoms with E-state index in [0.717, 1.165) is 45.2 Å². The molecule has 0 amide bonds. The third-order valence-electron chi connectivity index (χ3n) is 4.11. The van der Waals surface area contributed by atoms with Gasteiger partial charge in [0.2, 0.25) is 0 Å². The van der Waals surface area contributed by atoms with E-state index in [9.17, 15) is 5.11 Å². The SMILES string of the molecule is C[C@@H]1CCCN(C[C@H](O)CN2CCCNCC2)C1. The van der Waals surface area contributed by atoms with Gasteiger partial charge in [-0.25, -0.2) is 0 Å². The molecule has 2 heterocycles. The summed E-state index contributed by atoms with van der Waals surface area (Å²) in [6.45, 7) is 10.7. The van der Waals surface area contributed by atoms with Crippen molar-refractivity contribution in [3.05, 3.63) is 0 Å². The number of β-amino-alcohol motifs (C(OH)–C–C–N with tert-alkyl or cyclic N) is 1. The highest BCUT2D eigenvalue weighted by molar-refractivity contribution is 4.76. The number of hydrogen-bond donors (Lipinski definition) is 2. The van der Waals surface area contributed by atoms with Crippen molar-refractivity contribution >= 4 is 0 Å². The van der Waals surface area contributed by atoms with E-state index < -0.39 is 0 Å². The van der Waals surface area contributed by atoms with Crippen molar-refractivity contribution in [3.63, 3.8) is 0 Å². The Hall–Kier alpha value is -0.160. The van der Waals surface area contributed by atoms with Gasteiger partial charge < -0.3 is 15.3 Å². The summed E-state index contributed by atoms with van der Waals surface area (Å²) < 4.78 is 0. The van der Waals surface area contributed by atoms with Crippen LogP contribution in [-0.4, -0.2) is 73.4 Å². The molecule has 2 fully saturated rings. The van der Waals surface area contributed by atoms with Crippen LogP contribution in [0.5, 0.6) is 0 Å². The largest absolute Gasteiger partial charge is 0.390 e. The lowest BCUT2D eigenvalue weighted by Gasteiger charge is -2.33. The highest BCUT2D eigenvalue weighted by atomic mass is 16.3. The average Bonchev–Trinajstić information content (AvgIpc) is 2.57. The summed E-state index contributed by atoms with van der Waals surface area (Å²) in [7, 11) is 0. The zero-order valence-electron chi connectivity index (χ0n) is 11.8. The van der Waals surface area contributed by atoms with Crippen LogP contribution in [-0.2, 0) is 0 Å². The van der Waals surface area contributed by atoms with Crippen LogP contribution < -0.4 is 5.32 Å². The summed E-state index contributed by atoms with van der Waals surface area (Å²) in [6.07, 6.45) is 3.66. The number of aliphatic hydroxyl groups excluding tert-OH is 1. The fraction of sp³-hybridized carbons (Fsp3) is 1.00. The first-order valence-electron chi connectivity index (χ1n) is 7.57. The first kappa shape index (κ1) is 14.3. The highest BCUT2D eigenvalue weighted by Gasteiger charge is 2.20. The summed E-state index contributed by atoms with van der Waals surface area (Å²) >= 11 is 0. The molecule has 0 saturated carbocycles. The van der Waals surface area contributed by atoms with E-state index in [2.05, 4.69) is 22.0 Å². The highest BCUT2D eigenvalue weighted by Crippen LogP contribution is 2.15. The molecule has 2 aliphatic rings. The van der Waals surface area contributed by atoms with E-state index in [1.165, 1.54) is 32.4 Å². The average molecular weight is 255 g/mol. The monoisotopic (exact) mass is 255 g/mol. The maximum atomic E-state index is 10.2. The molecular weight excluding hydrogens is 226 g/mol. The predicted octanol–water partition coefficient (Wildman–Crippen LogP) is 0.375. The van der Waals surface area contributed by atoms with Crippen molar-refractivity contribution in [1.82, 2.24) is 15.1 Å². The van der Waals surface area contributed by atoms with Gasteiger partial charge in [0.05, 0.1) is 6.10 Å². The lowest BCUT2D eigenvalue weighted by molar-refractivity contribution is 0.0603. The summed E-state index contributed by atoms with van der Waals surface area (Å²) in [6, 6.07) is 0. The molecule has 0 aromatic carbocycles. The normalized spacial score (nSPS) is 30.0. The molecule has 106 valence electrons. The number of nitrogens with zero attached hydrogens (tertiary/aromatic N) is 2. The van der Waals surface area contributed by atoms with E-state index in [1.807, 2.05) is 0 Å². The Balaban J connectivity index is 1.68. The predicted molar refractivity (Wildman–Crippen MR) is 74.8 cm³/mol. The molecule has 18 heavy (non-hydrogen) atoms. The van der Waals surface area contributed by atoms with Gasteiger partial charge in [0.25, 0.3) is 0 Å². The van der Waals surface area contributed by atoms with E-state index in [4.69, 9.17) is 0 Å². The van der Waals surface area contributed by atoms with Crippen molar-refractivity contribution in [3.8, 4) is 0 Å². The van der Waals surface area contributed by atoms with Crippen molar-refractivity contribution in [2.45, 2.75) is 32.3 Å². The number of aliphatic hydroxyl groups is 1. The molecule has 0 unspecified atom stereocenters. The van der Waals surface area contributed by atoms with Crippen LogP contribution in [0.15, 0.2) is 0 Å². The molecule has 4 nitrogen and oxygen atoms in total. The summed E-state index contributed by atoms with van der Waals surface area (Å²) in [5.41, 5.74) is 0. The zero-order valence-corrected chi connectivity index (χ0v) is 11.8. The summed E-state index contributed by atoms with van der Waals surface area (Å²) in [5.74, 6) is 0.799. The molecular formula is C14H29N3O. The van der Waals surface area contributed by atoms with Crippen LogP contribution in [0, 0.1) is 5.92 Å². The number of likely N-dealkylation sites (tertiary alicyclic amines) is 1. The Morgan fingerprint density at radius 3 is 2.72 bits per heavy atom. The molecule has 2 rings (SSSR count). The van der Waals surface area contributed by atoms with Crippen molar-refractivity contribution in [2.75, 3.05) is 52.4 Å². The molecule has 0 aliphatic carbocycles. The lowest BCUT2D eigenvalue weighted by Crippen LogP contribution is -2.44. The lowest BCUT2D eigenvalue weighted by atomic mass is 10.00. The maximum Gasteiger partial charge on any atom is 0.0793 e. The van der Waals surface area contributed by atoms with Gasteiger partial charge in [0.1, 0.15) is 0 Å². The second kappa shape index (κ2) is 7.43. The van der Waals surface area contributed by atoms with E-state index in [0.29, 0.717) is 0 Å². The minimum atomic E-state index is -0.187. The maximum absolute atomic E-state index is 10.2. The Bertz CT molecular complexity index is 225. The standard InChI is InChI=1S/C14H29N3O/c1-13-4-2-7-17(10-13)12-14(18)11-16-8-3-5-15-6-9-16/h13-15,18H,2-12H2,1H3/t13-,14-/m1/s1. The first-order valence-corrected chi connectivity index (χ1v) is 7.57. The van der Waals surface area contributed by atoms with Gasteiger partial charge in [0.15, 0.2) is 0 Å².